The van der Waals surface area contributed by atoms with Crippen molar-refractivity contribution in [2.75, 3.05) is 5.32 Å². The molecule has 0 unspecified atom stereocenters. The second-order valence-corrected chi connectivity index (χ2v) is 5.27. The number of carbonyl (C=O) groups is 1. The molecule has 2 aromatic carbocycles. The van der Waals surface area contributed by atoms with Gasteiger partial charge < -0.3 is 14.8 Å². The third-order valence-electron chi connectivity index (χ3n) is 3.19. The molecule has 7 heteroatoms. The SMILES string of the molecule is N#CC(=CNc1cccc(C(=O)O)c1)c1nc2cc(Cl)ccc2o1. The van der Waals surface area contributed by atoms with Crippen molar-refractivity contribution in [1.82, 2.24) is 4.98 Å². The van der Waals surface area contributed by atoms with Gasteiger partial charge in [0.05, 0.1) is 5.56 Å². The highest BCUT2D eigenvalue weighted by molar-refractivity contribution is 6.31. The summed E-state index contributed by atoms with van der Waals surface area (Å²) >= 11 is 5.90. The molecule has 0 atom stereocenters. The van der Waals surface area contributed by atoms with Crippen molar-refractivity contribution >= 4 is 39.9 Å². The molecule has 3 aromatic rings. The van der Waals surface area contributed by atoms with Crippen molar-refractivity contribution < 1.29 is 14.3 Å². The second kappa shape index (κ2) is 6.44. The molecule has 0 saturated carbocycles. The number of carboxylic acids is 1. The Kier molecular flexibility index (Phi) is 4.18. The van der Waals surface area contributed by atoms with E-state index in [0.29, 0.717) is 21.8 Å². The van der Waals surface area contributed by atoms with E-state index in [-0.39, 0.29) is 17.0 Å². The van der Waals surface area contributed by atoms with Crippen LogP contribution < -0.4 is 5.32 Å². The summed E-state index contributed by atoms with van der Waals surface area (Å²) in [4.78, 5) is 15.2. The zero-order valence-electron chi connectivity index (χ0n) is 12.2. The van der Waals surface area contributed by atoms with Crippen LogP contribution in [-0.4, -0.2) is 16.1 Å². The van der Waals surface area contributed by atoms with E-state index in [0.717, 1.165) is 0 Å². The fourth-order valence-corrected chi connectivity index (χ4v) is 2.22. The number of nitrogens with one attached hydrogen (secondary N) is 1. The van der Waals surface area contributed by atoms with E-state index in [1.807, 2.05) is 6.07 Å². The fourth-order valence-electron chi connectivity index (χ4n) is 2.06. The number of anilines is 1. The minimum absolute atomic E-state index is 0.142. The molecule has 0 aliphatic carbocycles. The second-order valence-electron chi connectivity index (χ2n) is 4.83. The predicted octanol–water partition coefficient (Wildman–Crippen LogP) is 4.16. The van der Waals surface area contributed by atoms with Gasteiger partial charge in [0.15, 0.2) is 5.58 Å². The monoisotopic (exact) mass is 339 g/mol. The number of hydrogen-bond donors (Lipinski definition) is 2. The van der Waals surface area contributed by atoms with Crippen molar-refractivity contribution in [3.63, 3.8) is 0 Å². The van der Waals surface area contributed by atoms with E-state index in [1.165, 1.54) is 18.3 Å². The predicted molar refractivity (Wildman–Crippen MR) is 89.6 cm³/mol. The number of carboxylic acid groups (broad SMARTS) is 1. The Morgan fingerprint density at radius 1 is 1.33 bits per heavy atom. The first kappa shape index (κ1) is 15.6. The Labute approximate surface area is 141 Å². The van der Waals surface area contributed by atoms with Crippen molar-refractivity contribution in [3.8, 4) is 6.07 Å². The number of rotatable bonds is 4. The van der Waals surface area contributed by atoms with Gasteiger partial charge in [-0.3, -0.25) is 0 Å². The van der Waals surface area contributed by atoms with Crippen LogP contribution in [-0.2, 0) is 0 Å². The molecule has 0 aliphatic rings. The molecule has 0 aliphatic heterocycles. The van der Waals surface area contributed by atoms with E-state index in [1.54, 1.807) is 30.3 Å². The molecular formula is C17H10ClN3O3. The summed E-state index contributed by atoms with van der Waals surface area (Å²) in [5, 5.41) is 21.7. The minimum atomic E-state index is -1.03. The van der Waals surface area contributed by atoms with Crippen LogP contribution in [0, 0.1) is 11.3 Å². The maximum Gasteiger partial charge on any atom is 0.335 e. The van der Waals surface area contributed by atoms with Crippen molar-refractivity contribution in [2.24, 2.45) is 0 Å². The average molecular weight is 340 g/mol. The Hall–Kier alpha value is -3.30. The Morgan fingerprint density at radius 3 is 2.92 bits per heavy atom. The van der Waals surface area contributed by atoms with Gasteiger partial charge in [0.2, 0.25) is 5.89 Å². The number of aromatic nitrogens is 1. The third-order valence-corrected chi connectivity index (χ3v) is 3.43. The van der Waals surface area contributed by atoms with Gasteiger partial charge in [0, 0.05) is 16.9 Å². The quantitative estimate of drug-likeness (QED) is 0.692. The number of aromatic carboxylic acids is 1. The summed E-state index contributed by atoms with van der Waals surface area (Å²) in [5.41, 5.74) is 1.91. The Morgan fingerprint density at radius 2 is 2.17 bits per heavy atom. The first-order valence-corrected chi connectivity index (χ1v) is 7.21. The molecule has 3 rings (SSSR count). The van der Waals surface area contributed by atoms with Crippen LogP contribution in [0.2, 0.25) is 5.02 Å². The minimum Gasteiger partial charge on any atom is -0.478 e. The third kappa shape index (κ3) is 3.21. The number of hydrogen-bond acceptors (Lipinski definition) is 5. The maximum atomic E-state index is 11.0. The van der Waals surface area contributed by atoms with E-state index in [2.05, 4.69) is 10.3 Å². The highest BCUT2D eigenvalue weighted by atomic mass is 35.5. The lowest BCUT2D eigenvalue weighted by atomic mass is 10.2. The largest absolute Gasteiger partial charge is 0.478 e. The number of allylic oxidation sites excluding steroid dienone is 1. The summed E-state index contributed by atoms with van der Waals surface area (Å²) in [5.74, 6) is -0.879. The van der Waals surface area contributed by atoms with Gasteiger partial charge in [0.25, 0.3) is 0 Å². The maximum absolute atomic E-state index is 11.0. The van der Waals surface area contributed by atoms with Gasteiger partial charge in [0.1, 0.15) is 17.2 Å². The lowest BCUT2D eigenvalue weighted by Gasteiger charge is -2.02. The summed E-state index contributed by atoms with van der Waals surface area (Å²) in [7, 11) is 0. The van der Waals surface area contributed by atoms with Crippen molar-refractivity contribution in [3.05, 3.63) is 65.1 Å². The number of halogens is 1. The Bertz CT molecular complexity index is 1000. The fraction of sp³-hybridized carbons (Fsp3) is 0. The van der Waals surface area contributed by atoms with Gasteiger partial charge in [-0.1, -0.05) is 17.7 Å². The van der Waals surface area contributed by atoms with Crippen LogP contribution >= 0.6 is 11.6 Å². The van der Waals surface area contributed by atoms with Gasteiger partial charge in [-0.25, -0.2) is 9.78 Å². The first-order chi connectivity index (χ1) is 11.6. The van der Waals surface area contributed by atoms with Gasteiger partial charge in [-0.05, 0) is 36.4 Å². The molecule has 0 fully saturated rings. The average Bonchev–Trinajstić information content (AvgIpc) is 2.98. The van der Waals surface area contributed by atoms with E-state index in [9.17, 15) is 10.1 Å². The topological polar surface area (TPSA) is 99.2 Å². The first-order valence-electron chi connectivity index (χ1n) is 6.83. The molecule has 1 aromatic heterocycles. The highest BCUT2D eigenvalue weighted by Gasteiger charge is 2.11. The number of oxazole rings is 1. The van der Waals surface area contributed by atoms with Gasteiger partial charge >= 0.3 is 5.97 Å². The molecule has 0 radical (unpaired) electrons. The van der Waals surface area contributed by atoms with E-state index in [4.69, 9.17) is 21.1 Å². The van der Waals surface area contributed by atoms with Gasteiger partial charge in [-0.2, -0.15) is 5.26 Å². The molecule has 0 saturated heterocycles. The van der Waals surface area contributed by atoms with Gasteiger partial charge in [-0.15, -0.1) is 0 Å². The molecule has 118 valence electrons. The number of nitrogens with zero attached hydrogens (tertiary/aromatic N) is 2. The van der Waals surface area contributed by atoms with Crippen molar-refractivity contribution in [2.45, 2.75) is 0 Å². The standard InChI is InChI=1S/C17H10ClN3O3/c18-12-4-5-15-14(7-12)21-16(24-15)11(8-19)9-20-13-3-1-2-10(6-13)17(22)23/h1-7,9,20H,(H,22,23). The molecule has 0 amide bonds. The lowest BCUT2D eigenvalue weighted by Crippen LogP contribution is -1.97. The summed E-state index contributed by atoms with van der Waals surface area (Å²) in [6.07, 6.45) is 1.41. The smallest absolute Gasteiger partial charge is 0.335 e. The van der Waals surface area contributed by atoms with Crippen LogP contribution in [0.3, 0.4) is 0 Å². The number of fused-ring (bicyclic) bond motifs is 1. The molecule has 1 heterocycles. The van der Waals surface area contributed by atoms with Crippen molar-refractivity contribution in [1.29, 1.82) is 5.26 Å². The number of benzene rings is 2. The van der Waals surface area contributed by atoms with Crippen LogP contribution in [0.1, 0.15) is 16.2 Å². The normalized spacial score (nSPS) is 11.2. The highest BCUT2D eigenvalue weighted by Crippen LogP contribution is 2.23. The Balaban J connectivity index is 1.90. The molecule has 0 bridgehead atoms. The zero-order chi connectivity index (χ0) is 17.1. The zero-order valence-corrected chi connectivity index (χ0v) is 12.9. The van der Waals surface area contributed by atoms with Crippen LogP contribution in [0.4, 0.5) is 5.69 Å². The molecule has 24 heavy (non-hydrogen) atoms. The van der Waals surface area contributed by atoms with Crippen LogP contribution in [0.15, 0.2) is 53.1 Å². The van der Waals surface area contributed by atoms with Crippen LogP contribution in [0.5, 0.6) is 0 Å². The summed E-state index contributed by atoms with van der Waals surface area (Å²) < 4.78 is 5.53. The molecule has 6 nitrogen and oxygen atoms in total. The molecule has 0 spiro atoms. The van der Waals surface area contributed by atoms with Crippen LogP contribution in [0.25, 0.3) is 16.7 Å². The number of nitriles is 1. The van der Waals surface area contributed by atoms with E-state index >= 15 is 0 Å². The summed E-state index contributed by atoms with van der Waals surface area (Å²) in [6, 6.07) is 13.2. The molecular weight excluding hydrogens is 330 g/mol. The molecule has 2 N–H and O–H groups in total. The summed E-state index contributed by atoms with van der Waals surface area (Å²) in [6.45, 7) is 0. The van der Waals surface area contributed by atoms with E-state index < -0.39 is 5.97 Å². The lowest BCUT2D eigenvalue weighted by molar-refractivity contribution is 0.0697.